The molecule has 8 nitrogen and oxygen atoms in total. The van der Waals surface area contributed by atoms with Gasteiger partial charge in [-0.05, 0) is 88.9 Å². The van der Waals surface area contributed by atoms with Crippen LogP contribution in [0.15, 0.2) is 28.8 Å². The van der Waals surface area contributed by atoms with Gasteiger partial charge in [0.2, 0.25) is 11.8 Å². The van der Waals surface area contributed by atoms with E-state index in [1.165, 1.54) is 6.07 Å². The number of anilines is 1. The van der Waals surface area contributed by atoms with Crippen LogP contribution in [-0.2, 0) is 19.8 Å². The number of benzene rings is 1. The molecule has 1 heterocycles. The van der Waals surface area contributed by atoms with Crippen molar-refractivity contribution in [3.05, 3.63) is 39.6 Å². The number of carbonyl (C=O) groups excluding carboxylic acids is 2. The van der Waals surface area contributed by atoms with E-state index in [0.717, 1.165) is 46.8 Å². The van der Waals surface area contributed by atoms with Crippen molar-refractivity contribution in [3.63, 3.8) is 0 Å². The molecule has 6 rings (SSSR count). The molecule has 5 fully saturated rings. The van der Waals surface area contributed by atoms with E-state index in [4.69, 9.17) is 17.3 Å². The third-order valence-electron chi connectivity index (χ3n) is 8.20. The Morgan fingerprint density at radius 2 is 1.89 bits per heavy atom. The van der Waals surface area contributed by atoms with Gasteiger partial charge in [0, 0.05) is 28.5 Å². The molecule has 0 aromatic heterocycles. The molecule has 5 aliphatic rings. The normalized spacial score (nSPS) is 33.1. The highest BCUT2D eigenvalue weighted by molar-refractivity contribution is 9.10. The van der Waals surface area contributed by atoms with Crippen LogP contribution in [0.4, 0.5) is 10.1 Å². The maximum Gasteiger partial charge on any atom is 0.305 e. The van der Waals surface area contributed by atoms with Crippen molar-refractivity contribution in [3.8, 4) is 0 Å². The third kappa shape index (κ3) is 4.68. The minimum Gasteiger partial charge on any atom is -0.370 e. The maximum absolute atomic E-state index is 14.8. The second-order valence-electron chi connectivity index (χ2n) is 11.0. The third-order valence-corrected chi connectivity index (χ3v) is 10.8. The molecule has 4 bridgehead atoms. The monoisotopic (exact) mass is 602 g/mol. The summed E-state index contributed by atoms with van der Waals surface area (Å²) in [6.45, 7) is 3.39. The topological polar surface area (TPSA) is 113 Å². The molecule has 2 unspecified atom stereocenters. The van der Waals surface area contributed by atoms with Crippen molar-refractivity contribution in [2.75, 3.05) is 23.9 Å². The van der Waals surface area contributed by atoms with Crippen LogP contribution >= 0.6 is 27.5 Å². The van der Waals surface area contributed by atoms with Crippen molar-refractivity contribution in [2.45, 2.75) is 44.6 Å². The Hall–Kier alpha value is -1.69. The molecule has 0 spiro atoms. The van der Waals surface area contributed by atoms with Crippen molar-refractivity contribution in [1.29, 1.82) is 0 Å². The van der Waals surface area contributed by atoms with Crippen molar-refractivity contribution in [1.82, 2.24) is 9.62 Å². The fourth-order valence-corrected chi connectivity index (χ4v) is 10.1. The molecule has 0 radical (unpaired) electrons. The molecule has 2 amide bonds. The van der Waals surface area contributed by atoms with Crippen molar-refractivity contribution >= 4 is 55.2 Å². The number of primary amides is 1. The number of nitrogens with zero attached hydrogens (tertiary/aromatic N) is 2. The molecule has 3 N–H and O–H groups in total. The van der Waals surface area contributed by atoms with E-state index in [1.807, 2.05) is 0 Å². The summed E-state index contributed by atoms with van der Waals surface area (Å²) >= 11 is 9.10. The average Bonchev–Trinajstić information content (AvgIpc) is 2.72. The Morgan fingerprint density at radius 1 is 1.22 bits per heavy atom. The molecule has 1 aromatic carbocycles. The predicted octanol–water partition coefficient (Wildman–Crippen LogP) is 3.35. The average molecular weight is 604 g/mol. The summed E-state index contributed by atoms with van der Waals surface area (Å²) in [7, 11) is -4.21. The van der Waals surface area contributed by atoms with E-state index < -0.39 is 28.5 Å². The van der Waals surface area contributed by atoms with Gasteiger partial charge in [0.1, 0.15) is 11.5 Å². The lowest BCUT2D eigenvalue weighted by atomic mass is 9.47. The van der Waals surface area contributed by atoms with E-state index in [1.54, 1.807) is 0 Å². The van der Waals surface area contributed by atoms with Crippen LogP contribution in [0.3, 0.4) is 0 Å². The van der Waals surface area contributed by atoms with Gasteiger partial charge in [-0.25, -0.2) is 8.70 Å². The summed E-state index contributed by atoms with van der Waals surface area (Å²) in [6.07, 6.45) is 5.11. The second-order valence-corrected chi connectivity index (χ2v) is 14.1. The maximum atomic E-state index is 14.8. The minimum absolute atomic E-state index is 0.0274. The van der Waals surface area contributed by atoms with Gasteiger partial charge in [-0.2, -0.15) is 12.7 Å². The van der Waals surface area contributed by atoms with Gasteiger partial charge in [0.05, 0.1) is 13.1 Å². The van der Waals surface area contributed by atoms with Gasteiger partial charge < -0.3 is 11.1 Å². The fraction of sp³-hybridized carbons (Fsp3) is 0.583. The Morgan fingerprint density at radius 3 is 2.50 bits per heavy atom. The van der Waals surface area contributed by atoms with Crippen LogP contribution < -0.4 is 15.4 Å². The smallest absolute Gasteiger partial charge is 0.305 e. The highest BCUT2D eigenvalue weighted by atomic mass is 79.9. The summed E-state index contributed by atoms with van der Waals surface area (Å²) in [5.41, 5.74) is 5.83. The lowest BCUT2D eigenvalue weighted by molar-refractivity contribution is -0.134. The molecular weight excluding hydrogens is 575 g/mol. The Labute approximate surface area is 223 Å². The van der Waals surface area contributed by atoms with E-state index in [0.29, 0.717) is 17.9 Å². The Balaban J connectivity index is 1.31. The van der Waals surface area contributed by atoms with E-state index >= 15 is 0 Å². The molecule has 4 saturated carbocycles. The van der Waals surface area contributed by atoms with Crippen LogP contribution in [0.2, 0.25) is 5.02 Å². The second kappa shape index (κ2) is 9.25. The molecule has 12 heteroatoms. The van der Waals surface area contributed by atoms with E-state index in [9.17, 15) is 22.4 Å². The van der Waals surface area contributed by atoms with Gasteiger partial charge in [-0.3, -0.25) is 9.59 Å². The highest BCUT2D eigenvalue weighted by Gasteiger charge is 2.56. The number of amides is 2. The quantitative estimate of drug-likeness (QED) is 0.486. The zero-order chi connectivity index (χ0) is 26.0. The van der Waals surface area contributed by atoms with Gasteiger partial charge >= 0.3 is 10.2 Å². The predicted molar refractivity (Wildman–Crippen MR) is 138 cm³/mol. The Bertz CT molecular complexity index is 1210. The van der Waals surface area contributed by atoms with Crippen LogP contribution in [0.1, 0.15) is 38.5 Å². The largest absolute Gasteiger partial charge is 0.370 e. The van der Waals surface area contributed by atoms with Crippen LogP contribution in [0.25, 0.3) is 0 Å². The van der Waals surface area contributed by atoms with Crippen LogP contribution in [-0.4, -0.2) is 50.2 Å². The van der Waals surface area contributed by atoms with Gasteiger partial charge in [-0.1, -0.05) is 18.2 Å². The van der Waals surface area contributed by atoms with Crippen molar-refractivity contribution in [2.24, 2.45) is 28.9 Å². The first-order chi connectivity index (χ1) is 16.9. The molecule has 196 valence electrons. The SMILES string of the molecule is C=C1CN(CC(=O)NC2C3CC4CC2CC(CC(N)=O)(C4)C3)S(=O)(=O)N(c2c(F)cc(Cl)cc2Br)C1. The molecule has 4 aliphatic carbocycles. The summed E-state index contributed by atoms with van der Waals surface area (Å²) in [5.74, 6) is -0.421. The van der Waals surface area contributed by atoms with E-state index in [2.05, 4.69) is 27.8 Å². The highest BCUT2D eigenvalue weighted by Crippen LogP contribution is 2.61. The van der Waals surface area contributed by atoms with E-state index in [-0.39, 0.29) is 57.5 Å². The van der Waals surface area contributed by atoms with Gasteiger partial charge in [0.25, 0.3) is 0 Å². The lowest BCUT2D eigenvalue weighted by Crippen LogP contribution is -2.61. The fourth-order valence-electron chi connectivity index (χ4n) is 7.32. The summed E-state index contributed by atoms with van der Waals surface area (Å²) in [5, 5.41) is 3.23. The zero-order valence-corrected chi connectivity index (χ0v) is 22.8. The number of hydrogen-bond acceptors (Lipinski definition) is 4. The van der Waals surface area contributed by atoms with Gasteiger partial charge in [0.15, 0.2) is 0 Å². The molecule has 2 atom stereocenters. The number of rotatable bonds is 6. The number of halogens is 3. The minimum atomic E-state index is -4.21. The number of carbonyl (C=O) groups is 2. The number of nitrogens with one attached hydrogen (secondary N) is 1. The zero-order valence-electron chi connectivity index (χ0n) is 19.7. The first kappa shape index (κ1) is 25.9. The summed E-state index contributed by atoms with van der Waals surface area (Å²) in [6, 6.07) is 2.41. The van der Waals surface area contributed by atoms with Gasteiger partial charge in [-0.15, -0.1) is 0 Å². The molecule has 1 aromatic rings. The molecular formula is C24H29BrClFN4O4S. The van der Waals surface area contributed by atoms with Crippen LogP contribution in [0, 0.1) is 29.0 Å². The first-order valence-electron chi connectivity index (χ1n) is 12.0. The lowest BCUT2D eigenvalue weighted by Gasteiger charge is -2.60. The molecule has 36 heavy (non-hydrogen) atoms. The molecule has 1 saturated heterocycles. The van der Waals surface area contributed by atoms with Crippen molar-refractivity contribution < 1.29 is 22.4 Å². The number of hydrogen-bond donors (Lipinski definition) is 2. The Kier molecular flexibility index (Phi) is 6.67. The first-order valence-corrected chi connectivity index (χ1v) is 14.6. The summed E-state index contributed by atoms with van der Waals surface area (Å²) < 4.78 is 43.8. The summed E-state index contributed by atoms with van der Waals surface area (Å²) in [4.78, 5) is 24.8. The van der Waals surface area contributed by atoms with Crippen LogP contribution in [0.5, 0.6) is 0 Å². The molecule has 1 aliphatic heterocycles. The number of nitrogens with two attached hydrogens (primary N) is 1. The standard InChI is InChI=1S/C24H29BrClFN4O4S/c1-13-10-30(36(34,35)31(11-13)23-18(25)4-17(26)5-19(23)27)12-21(33)29-22-15-2-14-3-16(22)8-24(6-14,7-15)9-20(28)32/h4-5,14-16,22H,1-3,6-12H2,(H2,28,32)(H,29,33).